The highest BCUT2D eigenvalue weighted by molar-refractivity contribution is 6.02. The second kappa shape index (κ2) is 4.92. The van der Waals surface area contributed by atoms with E-state index in [1.807, 2.05) is 0 Å². The van der Waals surface area contributed by atoms with Crippen molar-refractivity contribution in [3.63, 3.8) is 0 Å². The van der Waals surface area contributed by atoms with Crippen LogP contribution < -0.4 is 5.32 Å². The van der Waals surface area contributed by atoms with E-state index in [-0.39, 0.29) is 12.3 Å². The number of benzene rings is 1. The number of imide groups is 1. The number of hydrogen-bond acceptors (Lipinski definition) is 5. The summed E-state index contributed by atoms with van der Waals surface area (Å²) in [5, 5.41) is 12.7. The first-order valence-electron chi connectivity index (χ1n) is 6.62. The molecule has 6 nitrogen and oxygen atoms in total. The number of hydrogen-bond donors (Lipinski definition) is 2. The summed E-state index contributed by atoms with van der Waals surface area (Å²) in [5.74, 6) is -0.828. The molecule has 0 bridgehead atoms. The van der Waals surface area contributed by atoms with Gasteiger partial charge in [0.25, 0.3) is 0 Å². The zero-order valence-electron chi connectivity index (χ0n) is 11.3. The predicted octanol–water partition coefficient (Wildman–Crippen LogP) is 0.987. The smallest absolute Gasteiger partial charge is 0.249 e. The van der Waals surface area contributed by atoms with Gasteiger partial charge in [-0.2, -0.15) is 0 Å². The van der Waals surface area contributed by atoms with Crippen LogP contribution in [0.5, 0.6) is 0 Å². The number of aliphatic hydroxyl groups excluding tert-OH is 1. The molecule has 2 amide bonds. The summed E-state index contributed by atoms with van der Waals surface area (Å²) >= 11 is 0. The number of amides is 2. The van der Waals surface area contributed by atoms with Crippen molar-refractivity contribution in [2.24, 2.45) is 4.99 Å². The molecular weight excluding hydrogens is 277 g/mol. The number of aliphatic imine (C=N–C) groups is 1. The van der Waals surface area contributed by atoms with E-state index in [9.17, 15) is 19.1 Å². The van der Waals surface area contributed by atoms with E-state index < -0.39 is 24.0 Å². The van der Waals surface area contributed by atoms with Crippen LogP contribution >= 0.6 is 0 Å². The van der Waals surface area contributed by atoms with Crippen LogP contribution in [0.1, 0.15) is 31.6 Å². The fourth-order valence-corrected chi connectivity index (χ4v) is 2.74. The van der Waals surface area contributed by atoms with Crippen molar-refractivity contribution in [2.45, 2.75) is 32.0 Å². The third-order valence-electron chi connectivity index (χ3n) is 3.73. The molecule has 110 valence electrons. The predicted molar refractivity (Wildman–Crippen MR) is 72.1 cm³/mol. The number of nitrogens with one attached hydrogen (secondary N) is 1. The summed E-state index contributed by atoms with van der Waals surface area (Å²) in [6.07, 6.45) is -0.681. The van der Waals surface area contributed by atoms with Crippen molar-refractivity contribution in [1.82, 2.24) is 10.2 Å². The van der Waals surface area contributed by atoms with Gasteiger partial charge in [-0.15, -0.1) is 0 Å². The highest BCUT2D eigenvalue weighted by atomic mass is 19.1. The lowest BCUT2D eigenvalue weighted by molar-refractivity contribution is -0.139. The second-order valence-electron chi connectivity index (χ2n) is 5.11. The molecule has 1 saturated heterocycles. The summed E-state index contributed by atoms with van der Waals surface area (Å²) in [6.45, 7) is 1.67. The van der Waals surface area contributed by atoms with Crippen LogP contribution in [0.25, 0.3) is 0 Å². The van der Waals surface area contributed by atoms with Crippen LogP contribution in [0.2, 0.25) is 0 Å². The number of piperidine rings is 1. The van der Waals surface area contributed by atoms with Gasteiger partial charge in [0.05, 0.1) is 5.69 Å². The maximum Gasteiger partial charge on any atom is 0.249 e. The highest BCUT2D eigenvalue weighted by Gasteiger charge is 2.38. The van der Waals surface area contributed by atoms with E-state index in [0.29, 0.717) is 23.5 Å². The van der Waals surface area contributed by atoms with Crippen LogP contribution in [0, 0.1) is 5.82 Å². The molecule has 0 aromatic heterocycles. The van der Waals surface area contributed by atoms with Crippen LogP contribution in [-0.2, 0) is 9.59 Å². The van der Waals surface area contributed by atoms with E-state index in [2.05, 4.69) is 10.3 Å². The molecule has 2 aliphatic heterocycles. The molecule has 2 aliphatic rings. The third kappa shape index (κ3) is 2.29. The quantitative estimate of drug-likeness (QED) is 0.756. The van der Waals surface area contributed by atoms with Gasteiger partial charge in [0, 0.05) is 12.0 Å². The molecule has 7 heteroatoms. The molecule has 2 heterocycles. The number of carbonyl (C=O) groups excluding carboxylic acids is 2. The van der Waals surface area contributed by atoms with Crippen molar-refractivity contribution >= 4 is 23.3 Å². The Morgan fingerprint density at radius 2 is 2.19 bits per heavy atom. The minimum absolute atomic E-state index is 0.197. The first-order chi connectivity index (χ1) is 9.97. The van der Waals surface area contributed by atoms with Crippen molar-refractivity contribution in [2.75, 3.05) is 0 Å². The van der Waals surface area contributed by atoms with Gasteiger partial charge < -0.3 is 10.0 Å². The fraction of sp³-hybridized carbons (Fsp3) is 0.357. The van der Waals surface area contributed by atoms with E-state index in [1.54, 1.807) is 6.92 Å². The van der Waals surface area contributed by atoms with Crippen LogP contribution in [-0.4, -0.2) is 33.7 Å². The third-order valence-corrected chi connectivity index (χ3v) is 3.73. The fourth-order valence-electron chi connectivity index (χ4n) is 2.74. The lowest BCUT2D eigenvalue weighted by atomic mass is 10.0. The zero-order chi connectivity index (χ0) is 15.1. The minimum Gasteiger partial charge on any atom is -0.369 e. The SMILES string of the molecule is CC1=Nc2ccc(F)cc2C(O)N1C1CCC(=O)NC1=O. The van der Waals surface area contributed by atoms with Gasteiger partial charge in [0.2, 0.25) is 11.8 Å². The highest BCUT2D eigenvalue weighted by Crippen LogP contribution is 2.36. The maximum atomic E-state index is 13.4. The van der Waals surface area contributed by atoms with Crippen molar-refractivity contribution in [1.29, 1.82) is 0 Å². The molecule has 0 saturated carbocycles. The van der Waals surface area contributed by atoms with Crippen molar-refractivity contribution in [3.05, 3.63) is 29.6 Å². The Morgan fingerprint density at radius 3 is 2.90 bits per heavy atom. The molecule has 0 spiro atoms. The maximum absolute atomic E-state index is 13.4. The monoisotopic (exact) mass is 291 g/mol. The molecule has 3 rings (SSSR count). The molecule has 1 aromatic carbocycles. The summed E-state index contributed by atoms with van der Waals surface area (Å²) in [5.41, 5.74) is 0.787. The number of carbonyl (C=O) groups is 2. The van der Waals surface area contributed by atoms with Crippen molar-refractivity contribution < 1.29 is 19.1 Å². The normalized spacial score (nSPS) is 25.3. The Morgan fingerprint density at radius 1 is 1.43 bits per heavy atom. The van der Waals surface area contributed by atoms with E-state index in [0.717, 1.165) is 0 Å². The summed E-state index contributed by atoms with van der Waals surface area (Å²) in [6, 6.07) is 3.26. The Kier molecular flexibility index (Phi) is 3.21. The van der Waals surface area contributed by atoms with Gasteiger partial charge >= 0.3 is 0 Å². The van der Waals surface area contributed by atoms with Gasteiger partial charge in [0.1, 0.15) is 17.7 Å². The molecule has 2 unspecified atom stereocenters. The topological polar surface area (TPSA) is 82.0 Å². The Bertz CT molecular complexity index is 659. The Labute approximate surface area is 120 Å². The van der Waals surface area contributed by atoms with Gasteiger partial charge in [-0.25, -0.2) is 9.38 Å². The number of fused-ring (bicyclic) bond motifs is 1. The van der Waals surface area contributed by atoms with Gasteiger partial charge in [-0.3, -0.25) is 14.9 Å². The van der Waals surface area contributed by atoms with E-state index in [1.165, 1.54) is 23.1 Å². The molecule has 21 heavy (non-hydrogen) atoms. The summed E-state index contributed by atoms with van der Waals surface area (Å²) < 4.78 is 13.4. The number of halogens is 1. The van der Waals surface area contributed by atoms with Crippen LogP contribution in [0.15, 0.2) is 23.2 Å². The first kappa shape index (κ1) is 13.7. The number of nitrogens with zero attached hydrogens (tertiary/aromatic N) is 2. The first-order valence-corrected chi connectivity index (χ1v) is 6.62. The number of aliphatic hydroxyl groups is 1. The molecule has 2 N–H and O–H groups in total. The van der Waals surface area contributed by atoms with Crippen molar-refractivity contribution in [3.8, 4) is 0 Å². The number of rotatable bonds is 1. The minimum atomic E-state index is -1.17. The summed E-state index contributed by atoms with van der Waals surface area (Å²) in [7, 11) is 0. The molecular formula is C14H14FN3O3. The lowest BCUT2D eigenvalue weighted by Crippen LogP contribution is -2.55. The van der Waals surface area contributed by atoms with E-state index in [4.69, 9.17) is 0 Å². The largest absolute Gasteiger partial charge is 0.369 e. The van der Waals surface area contributed by atoms with Crippen LogP contribution in [0.4, 0.5) is 10.1 Å². The zero-order valence-corrected chi connectivity index (χ0v) is 11.3. The molecule has 1 aromatic rings. The van der Waals surface area contributed by atoms with Gasteiger partial charge in [-0.1, -0.05) is 0 Å². The second-order valence-corrected chi connectivity index (χ2v) is 5.11. The Hall–Kier alpha value is -2.28. The molecule has 1 fully saturated rings. The average molecular weight is 291 g/mol. The van der Waals surface area contributed by atoms with Gasteiger partial charge in [0.15, 0.2) is 6.23 Å². The molecule has 0 radical (unpaired) electrons. The standard InChI is InChI=1S/C14H14FN3O3/c1-7-16-10-3-2-8(15)6-9(10)14(21)18(7)11-4-5-12(19)17-13(11)20/h2-3,6,11,14,21H,4-5H2,1H3,(H,17,19,20). The van der Waals surface area contributed by atoms with E-state index >= 15 is 0 Å². The van der Waals surface area contributed by atoms with Gasteiger partial charge in [-0.05, 0) is 31.5 Å². The van der Waals surface area contributed by atoms with Crippen LogP contribution in [0.3, 0.4) is 0 Å². The summed E-state index contributed by atoms with van der Waals surface area (Å²) in [4.78, 5) is 28.9. The lowest BCUT2D eigenvalue weighted by Gasteiger charge is -2.40. The average Bonchev–Trinajstić information content (AvgIpc) is 2.42. The number of amidine groups is 1. The Balaban J connectivity index is 1.98. The molecule has 2 atom stereocenters. The molecule has 0 aliphatic carbocycles.